The van der Waals surface area contributed by atoms with Gasteiger partial charge in [-0.15, -0.1) is 0 Å². The summed E-state index contributed by atoms with van der Waals surface area (Å²) < 4.78 is 14.5. The zero-order valence-corrected chi connectivity index (χ0v) is 21.7. The molecule has 8 heteroatoms. The number of anilines is 4. The van der Waals surface area contributed by atoms with Crippen LogP contribution in [0, 0.1) is 0 Å². The van der Waals surface area contributed by atoms with Gasteiger partial charge in [-0.25, -0.2) is 14.4 Å². The molecule has 1 amide bonds. The molecule has 4 rings (SSSR count). The number of benzene rings is 1. The molecule has 0 saturated heterocycles. The van der Waals surface area contributed by atoms with Gasteiger partial charge in [-0.1, -0.05) is 12.1 Å². The molecule has 1 aliphatic rings. The number of likely N-dealkylation sites (N-methyl/N-ethyl adjacent to an activating group) is 1. The highest BCUT2D eigenvalue weighted by molar-refractivity contribution is 6.00. The SMILES string of the molecule is CCNC(=O)c1cnc(Nc2ccc3c(c2)CC(N(C)C)CC3)cc1Nc1cccc(C(C)(C)F)n1. The topological polar surface area (TPSA) is 82.2 Å². The maximum Gasteiger partial charge on any atom is 0.254 e. The third-order valence-electron chi connectivity index (χ3n) is 6.52. The number of nitrogens with zero attached hydrogens (tertiary/aromatic N) is 3. The van der Waals surface area contributed by atoms with Crippen molar-refractivity contribution in [2.75, 3.05) is 31.3 Å². The van der Waals surface area contributed by atoms with Crippen molar-refractivity contribution in [2.24, 2.45) is 0 Å². The van der Waals surface area contributed by atoms with Crippen LogP contribution >= 0.6 is 0 Å². The van der Waals surface area contributed by atoms with E-state index in [2.05, 4.69) is 63.1 Å². The number of aryl methyl sites for hydroxylation is 1. The number of hydrogen-bond acceptors (Lipinski definition) is 6. The quantitative estimate of drug-likeness (QED) is 0.396. The fourth-order valence-electron chi connectivity index (χ4n) is 4.44. The Morgan fingerprint density at radius 1 is 1.11 bits per heavy atom. The number of alkyl halides is 1. The van der Waals surface area contributed by atoms with Crippen molar-refractivity contribution in [3.8, 4) is 0 Å². The Bertz CT molecular complexity index is 1240. The number of halogens is 1. The van der Waals surface area contributed by atoms with Gasteiger partial charge in [0.1, 0.15) is 17.3 Å². The van der Waals surface area contributed by atoms with E-state index in [1.54, 1.807) is 30.5 Å². The Kier molecular flexibility index (Phi) is 7.54. The van der Waals surface area contributed by atoms with E-state index in [-0.39, 0.29) is 5.91 Å². The second-order valence-electron chi connectivity index (χ2n) is 9.95. The van der Waals surface area contributed by atoms with Crippen molar-refractivity contribution in [3.63, 3.8) is 0 Å². The van der Waals surface area contributed by atoms with E-state index in [0.29, 0.717) is 41.2 Å². The zero-order chi connectivity index (χ0) is 25.9. The lowest BCUT2D eigenvalue weighted by molar-refractivity contribution is 0.0956. The molecule has 2 aromatic heterocycles. The number of aromatic nitrogens is 2. The largest absolute Gasteiger partial charge is 0.352 e. The summed E-state index contributed by atoms with van der Waals surface area (Å²) >= 11 is 0. The lowest BCUT2D eigenvalue weighted by Gasteiger charge is -2.30. The molecule has 1 unspecified atom stereocenters. The maximum atomic E-state index is 14.5. The third kappa shape index (κ3) is 5.99. The molecule has 1 atom stereocenters. The van der Waals surface area contributed by atoms with Crippen LogP contribution in [0.3, 0.4) is 0 Å². The third-order valence-corrected chi connectivity index (χ3v) is 6.52. The number of carbonyl (C=O) groups is 1. The van der Waals surface area contributed by atoms with Crippen LogP contribution in [0.4, 0.5) is 27.4 Å². The Balaban J connectivity index is 1.62. The minimum Gasteiger partial charge on any atom is -0.352 e. The van der Waals surface area contributed by atoms with E-state index < -0.39 is 5.67 Å². The zero-order valence-electron chi connectivity index (χ0n) is 21.7. The Hall–Kier alpha value is -3.52. The molecule has 0 spiro atoms. The monoisotopic (exact) mass is 490 g/mol. The Morgan fingerprint density at radius 2 is 1.92 bits per heavy atom. The first-order chi connectivity index (χ1) is 17.1. The molecule has 0 radical (unpaired) electrons. The molecule has 0 bridgehead atoms. The van der Waals surface area contributed by atoms with Crippen LogP contribution in [0.2, 0.25) is 0 Å². The molecule has 1 aliphatic carbocycles. The lowest BCUT2D eigenvalue weighted by Crippen LogP contribution is -2.33. The van der Waals surface area contributed by atoms with Gasteiger partial charge in [-0.05, 0) is 89.5 Å². The van der Waals surface area contributed by atoms with E-state index in [0.717, 1.165) is 18.5 Å². The van der Waals surface area contributed by atoms with Crippen LogP contribution in [0.1, 0.15) is 54.4 Å². The summed E-state index contributed by atoms with van der Waals surface area (Å²) in [6, 6.07) is 13.9. The number of amides is 1. The highest BCUT2D eigenvalue weighted by atomic mass is 19.1. The lowest BCUT2D eigenvalue weighted by atomic mass is 9.87. The van der Waals surface area contributed by atoms with Gasteiger partial charge < -0.3 is 20.9 Å². The van der Waals surface area contributed by atoms with Gasteiger partial charge in [-0.2, -0.15) is 0 Å². The highest BCUT2D eigenvalue weighted by Crippen LogP contribution is 2.30. The van der Waals surface area contributed by atoms with Gasteiger partial charge in [0.2, 0.25) is 0 Å². The molecular formula is C28H35FN6O. The minimum atomic E-state index is -1.58. The summed E-state index contributed by atoms with van der Waals surface area (Å²) in [5.41, 5.74) is 3.32. The van der Waals surface area contributed by atoms with Crippen LogP contribution in [0.5, 0.6) is 0 Å². The average Bonchev–Trinajstić information content (AvgIpc) is 2.83. The second-order valence-corrected chi connectivity index (χ2v) is 9.95. The number of rotatable bonds is 8. The smallest absolute Gasteiger partial charge is 0.254 e. The van der Waals surface area contributed by atoms with E-state index in [4.69, 9.17) is 0 Å². The normalized spacial score (nSPS) is 15.4. The summed E-state index contributed by atoms with van der Waals surface area (Å²) in [5.74, 6) is 0.793. The fourth-order valence-corrected chi connectivity index (χ4v) is 4.44. The minimum absolute atomic E-state index is 0.246. The molecule has 1 aromatic carbocycles. The molecule has 3 N–H and O–H groups in total. The van der Waals surface area contributed by atoms with E-state index in [1.165, 1.54) is 31.4 Å². The molecule has 0 saturated carbocycles. The molecule has 0 aliphatic heterocycles. The predicted octanol–water partition coefficient (Wildman–Crippen LogP) is 5.34. The van der Waals surface area contributed by atoms with E-state index in [9.17, 15) is 9.18 Å². The standard InChI is InChI=1S/C28H35FN6O/c1-6-30-27(36)22-17-31-26(16-23(22)33-25-9-7-8-24(34-25)28(2,3)29)32-20-12-10-18-11-13-21(35(4)5)15-19(18)14-20/h7-10,12,14,16-17,21H,6,11,13,15H2,1-5H3,(H,30,36)(H2,31,32,33,34). The second kappa shape index (κ2) is 10.6. The Labute approximate surface area is 212 Å². The maximum absolute atomic E-state index is 14.5. The van der Waals surface area contributed by atoms with Crippen LogP contribution in [-0.2, 0) is 18.5 Å². The van der Waals surface area contributed by atoms with Crippen molar-refractivity contribution in [2.45, 2.75) is 51.7 Å². The first kappa shape index (κ1) is 25.6. The van der Waals surface area contributed by atoms with E-state index >= 15 is 0 Å². The van der Waals surface area contributed by atoms with Crippen LogP contribution in [-0.4, -0.2) is 47.5 Å². The Morgan fingerprint density at radius 3 is 2.64 bits per heavy atom. The van der Waals surface area contributed by atoms with Crippen LogP contribution < -0.4 is 16.0 Å². The number of nitrogens with one attached hydrogen (secondary N) is 3. The van der Waals surface area contributed by atoms with Gasteiger partial charge in [0, 0.05) is 30.5 Å². The van der Waals surface area contributed by atoms with Crippen molar-refractivity contribution < 1.29 is 9.18 Å². The summed E-state index contributed by atoms with van der Waals surface area (Å²) in [6.45, 7) is 5.28. The molecule has 36 heavy (non-hydrogen) atoms. The molecule has 0 fully saturated rings. The van der Waals surface area contributed by atoms with E-state index in [1.807, 2.05) is 6.92 Å². The van der Waals surface area contributed by atoms with Crippen LogP contribution in [0.15, 0.2) is 48.7 Å². The summed E-state index contributed by atoms with van der Waals surface area (Å²) in [5, 5.41) is 9.39. The number of hydrogen-bond donors (Lipinski definition) is 3. The molecule has 3 aromatic rings. The van der Waals surface area contributed by atoms with Gasteiger partial charge in [0.05, 0.1) is 16.9 Å². The fraction of sp³-hybridized carbons (Fsp3) is 0.393. The van der Waals surface area contributed by atoms with Gasteiger partial charge in [0.25, 0.3) is 5.91 Å². The summed E-state index contributed by atoms with van der Waals surface area (Å²) in [7, 11) is 4.26. The van der Waals surface area contributed by atoms with Crippen molar-refractivity contribution in [1.82, 2.24) is 20.2 Å². The molecular weight excluding hydrogens is 455 g/mol. The van der Waals surface area contributed by atoms with Crippen molar-refractivity contribution in [3.05, 3.63) is 71.0 Å². The van der Waals surface area contributed by atoms with Crippen molar-refractivity contribution in [1.29, 1.82) is 0 Å². The number of carbonyl (C=O) groups excluding carboxylic acids is 1. The van der Waals surface area contributed by atoms with Gasteiger partial charge >= 0.3 is 0 Å². The molecule has 7 nitrogen and oxygen atoms in total. The van der Waals surface area contributed by atoms with Gasteiger partial charge in [-0.3, -0.25) is 4.79 Å². The highest BCUT2D eigenvalue weighted by Gasteiger charge is 2.22. The molecule has 190 valence electrons. The predicted molar refractivity (Wildman–Crippen MR) is 143 cm³/mol. The van der Waals surface area contributed by atoms with Crippen molar-refractivity contribution >= 4 is 28.9 Å². The molecule has 2 heterocycles. The first-order valence-electron chi connectivity index (χ1n) is 12.4. The van der Waals surface area contributed by atoms with Gasteiger partial charge in [0.15, 0.2) is 0 Å². The number of pyridine rings is 2. The number of fused-ring (bicyclic) bond motifs is 1. The van der Waals surface area contributed by atoms with Crippen LogP contribution in [0.25, 0.3) is 0 Å². The average molecular weight is 491 g/mol. The first-order valence-corrected chi connectivity index (χ1v) is 12.4. The summed E-state index contributed by atoms with van der Waals surface area (Å²) in [6.07, 6.45) is 4.80. The summed E-state index contributed by atoms with van der Waals surface area (Å²) in [4.78, 5) is 23.9.